The lowest BCUT2D eigenvalue weighted by Gasteiger charge is -2.10. The van der Waals surface area contributed by atoms with Crippen LogP contribution < -0.4 is 5.32 Å². The first-order valence-electron chi connectivity index (χ1n) is 8.78. The molecule has 7 nitrogen and oxygen atoms in total. The van der Waals surface area contributed by atoms with Gasteiger partial charge in [-0.15, -0.1) is 0 Å². The van der Waals surface area contributed by atoms with E-state index in [1.165, 1.54) is 12.1 Å². The molecule has 0 aliphatic carbocycles. The summed E-state index contributed by atoms with van der Waals surface area (Å²) in [5.41, 5.74) is 0.230. The Hall–Kier alpha value is -2.88. The lowest BCUT2D eigenvalue weighted by molar-refractivity contribution is -0.137. The molecule has 0 saturated heterocycles. The average molecular weight is 416 g/mol. The monoisotopic (exact) mass is 416 g/mol. The summed E-state index contributed by atoms with van der Waals surface area (Å²) in [6.07, 6.45) is -0.914. The second-order valence-electron chi connectivity index (χ2n) is 5.86. The van der Waals surface area contributed by atoms with Crippen molar-refractivity contribution in [3.05, 3.63) is 47.5 Å². The molecule has 0 aliphatic rings. The molecule has 0 fully saturated rings. The Morgan fingerprint density at radius 3 is 2.41 bits per heavy atom. The van der Waals surface area contributed by atoms with Crippen molar-refractivity contribution >= 4 is 17.6 Å². The number of methoxy groups -OCH3 is 1. The molecule has 0 aliphatic heterocycles. The number of amides is 1. The Balaban J connectivity index is 2.66. The predicted molar refractivity (Wildman–Crippen MR) is 99.4 cm³/mol. The van der Waals surface area contributed by atoms with Crippen molar-refractivity contribution in [3.8, 4) is 0 Å². The van der Waals surface area contributed by atoms with Gasteiger partial charge in [-0.05, 0) is 37.0 Å². The Bertz CT molecular complexity index is 716. The summed E-state index contributed by atoms with van der Waals surface area (Å²) < 4.78 is 43.1. The van der Waals surface area contributed by atoms with Crippen molar-refractivity contribution in [3.63, 3.8) is 0 Å². The Labute approximate surface area is 166 Å². The minimum Gasteiger partial charge on any atom is -0.478 e. The molecule has 29 heavy (non-hydrogen) atoms. The van der Waals surface area contributed by atoms with Gasteiger partial charge in [-0.2, -0.15) is 13.2 Å². The van der Waals surface area contributed by atoms with Gasteiger partial charge in [0.1, 0.15) is 6.61 Å². The molecule has 1 aromatic rings. The highest BCUT2D eigenvalue weighted by atomic mass is 19.4. The number of rotatable bonds is 12. The van der Waals surface area contributed by atoms with Gasteiger partial charge in [-0.3, -0.25) is 4.79 Å². The number of oxime groups is 1. The van der Waals surface area contributed by atoms with E-state index in [1.54, 1.807) is 7.11 Å². The van der Waals surface area contributed by atoms with Crippen molar-refractivity contribution < 1.29 is 37.4 Å². The number of nitrogens with zero attached hydrogens (tertiary/aromatic N) is 1. The Kier molecular flexibility index (Phi) is 10.5. The first kappa shape index (κ1) is 24.2. The highest BCUT2D eigenvalue weighted by Crippen LogP contribution is 2.29. The van der Waals surface area contributed by atoms with Gasteiger partial charge < -0.3 is 20.0 Å². The van der Waals surface area contributed by atoms with Crippen molar-refractivity contribution in [2.24, 2.45) is 5.16 Å². The first-order chi connectivity index (χ1) is 13.7. The first-order valence-corrected chi connectivity index (χ1v) is 8.78. The van der Waals surface area contributed by atoms with Crippen LogP contribution in [0.3, 0.4) is 0 Å². The molecule has 0 saturated carbocycles. The van der Waals surface area contributed by atoms with Crippen LogP contribution in [0.5, 0.6) is 0 Å². The lowest BCUT2D eigenvalue weighted by Crippen LogP contribution is -2.25. The summed E-state index contributed by atoms with van der Waals surface area (Å²) in [7, 11) is 1.58. The number of hydrogen-bond acceptors (Lipinski definition) is 5. The number of nitrogens with one attached hydrogen (secondary N) is 1. The van der Waals surface area contributed by atoms with Gasteiger partial charge in [0.05, 0.1) is 17.8 Å². The Morgan fingerprint density at radius 1 is 1.14 bits per heavy atom. The molecule has 1 aromatic carbocycles. The molecule has 0 bridgehead atoms. The highest BCUT2D eigenvalue weighted by Gasteiger charge is 2.30. The van der Waals surface area contributed by atoms with Crippen molar-refractivity contribution in [2.45, 2.75) is 25.4 Å². The third-order valence-corrected chi connectivity index (χ3v) is 3.60. The zero-order valence-electron chi connectivity index (χ0n) is 15.9. The summed E-state index contributed by atoms with van der Waals surface area (Å²) in [5.74, 6) is -1.84. The standard InChI is InChI=1S/C19H23F3N2O5/c1-28-12-3-2-4-16(14-5-7-15(8-6-14)19(20,21)22)24-29-13-11-23-17(25)9-10-18(26)27/h5-10H,2-4,11-13H2,1H3,(H,23,25)(H,26,27)/b10-9-,24-16+. The molecule has 1 rings (SSSR count). The van der Waals surface area contributed by atoms with E-state index < -0.39 is 23.6 Å². The van der Waals surface area contributed by atoms with Crippen LogP contribution in [0.1, 0.15) is 30.4 Å². The molecular weight excluding hydrogens is 393 g/mol. The molecular formula is C19H23F3N2O5. The van der Waals surface area contributed by atoms with Gasteiger partial charge in [0, 0.05) is 25.9 Å². The van der Waals surface area contributed by atoms with E-state index in [-0.39, 0.29) is 13.2 Å². The third-order valence-electron chi connectivity index (χ3n) is 3.60. The topological polar surface area (TPSA) is 97.2 Å². The van der Waals surface area contributed by atoms with Gasteiger partial charge in [-0.25, -0.2) is 4.79 Å². The number of ether oxygens (including phenoxy) is 1. The van der Waals surface area contributed by atoms with Crippen LogP contribution in [0.4, 0.5) is 13.2 Å². The maximum atomic E-state index is 12.7. The van der Waals surface area contributed by atoms with Gasteiger partial charge in [0.15, 0.2) is 0 Å². The summed E-state index contributed by atoms with van der Waals surface area (Å²) in [6, 6.07) is 4.63. The summed E-state index contributed by atoms with van der Waals surface area (Å²) in [6.45, 7) is 0.641. The van der Waals surface area contributed by atoms with Gasteiger partial charge in [-0.1, -0.05) is 17.3 Å². The Morgan fingerprint density at radius 2 is 1.83 bits per heavy atom. The molecule has 0 heterocycles. The summed E-state index contributed by atoms with van der Waals surface area (Å²) in [5, 5.41) is 14.8. The van der Waals surface area contributed by atoms with E-state index in [0.29, 0.717) is 36.8 Å². The average Bonchev–Trinajstić information content (AvgIpc) is 2.67. The number of hydrogen-bond donors (Lipinski definition) is 2. The second-order valence-corrected chi connectivity index (χ2v) is 5.86. The van der Waals surface area contributed by atoms with Crippen LogP contribution in [0.25, 0.3) is 0 Å². The SMILES string of the molecule is COCCCC/C(=N\OCCNC(=O)/C=C\C(=O)O)c1ccc(C(F)(F)F)cc1. The van der Waals surface area contributed by atoms with E-state index in [2.05, 4.69) is 10.5 Å². The number of alkyl halides is 3. The largest absolute Gasteiger partial charge is 0.478 e. The van der Waals surface area contributed by atoms with E-state index in [9.17, 15) is 22.8 Å². The van der Waals surface area contributed by atoms with Crippen LogP contribution in [-0.2, 0) is 25.3 Å². The molecule has 0 unspecified atom stereocenters. The molecule has 1 amide bonds. The number of unbranched alkanes of at least 4 members (excludes halogenated alkanes) is 1. The van der Waals surface area contributed by atoms with Crippen LogP contribution in [0, 0.1) is 0 Å². The third kappa shape index (κ3) is 10.3. The number of aliphatic carboxylic acids is 1. The number of halogens is 3. The summed E-state index contributed by atoms with van der Waals surface area (Å²) >= 11 is 0. The second kappa shape index (κ2) is 12.6. The normalized spacial score (nSPS) is 12.2. The summed E-state index contributed by atoms with van der Waals surface area (Å²) in [4.78, 5) is 26.8. The van der Waals surface area contributed by atoms with Crippen LogP contribution in [0.15, 0.2) is 41.6 Å². The minimum atomic E-state index is -4.42. The molecule has 160 valence electrons. The zero-order chi connectivity index (χ0) is 21.7. The lowest BCUT2D eigenvalue weighted by atomic mass is 10.0. The molecule has 0 spiro atoms. The predicted octanol–water partition coefficient (Wildman–Crippen LogP) is 3.00. The zero-order valence-corrected chi connectivity index (χ0v) is 15.9. The van der Waals surface area contributed by atoms with Gasteiger partial charge in [0.2, 0.25) is 5.91 Å². The van der Waals surface area contributed by atoms with E-state index in [4.69, 9.17) is 14.7 Å². The maximum Gasteiger partial charge on any atom is 0.416 e. The van der Waals surface area contributed by atoms with Crippen LogP contribution in [0.2, 0.25) is 0 Å². The van der Waals surface area contributed by atoms with E-state index in [1.807, 2.05) is 0 Å². The quantitative estimate of drug-likeness (QED) is 0.236. The van der Waals surface area contributed by atoms with Crippen LogP contribution >= 0.6 is 0 Å². The van der Waals surface area contributed by atoms with Crippen molar-refractivity contribution in [2.75, 3.05) is 26.9 Å². The molecule has 2 N–H and O–H groups in total. The molecule has 0 radical (unpaired) electrons. The molecule has 10 heteroatoms. The smallest absolute Gasteiger partial charge is 0.416 e. The number of benzene rings is 1. The fourth-order valence-electron chi connectivity index (χ4n) is 2.18. The number of carbonyl (C=O) groups is 2. The van der Waals surface area contributed by atoms with E-state index >= 15 is 0 Å². The fourth-order valence-corrected chi connectivity index (χ4v) is 2.18. The maximum absolute atomic E-state index is 12.7. The number of carboxylic acid groups (broad SMARTS) is 1. The molecule has 0 atom stereocenters. The molecule has 0 aromatic heterocycles. The highest BCUT2D eigenvalue weighted by molar-refractivity contribution is 6.00. The fraction of sp³-hybridized carbons (Fsp3) is 0.421. The number of carbonyl (C=O) groups excluding carboxylic acids is 1. The van der Waals surface area contributed by atoms with Crippen molar-refractivity contribution in [1.82, 2.24) is 5.32 Å². The van der Waals surface area contributed by atoms with Crippen LogP contribution in [-0.4, -0.2) is 49.6 Å². The van der Waals surface area contributed by atoms with Gasteiger partial charge >= 0.3 is 12.1 Å². The number of carboxylic acids is 1. The minimum absolute atomic E-state index is 0.00879. The van der Waals surface area contributed by atoms with E-state index in [0.717, 1.165) is 24.6 Å². The van der Waals surface area contributed by atoms with Crippen molar-refractivity contribution in [1.29, 1.82) is 0 Å². The van der Waals surface area contributed by atoms with Gasteiger partial charge in [0.25, 0.3) is 0 Å².